The van der Waals surface area contributed by atoms with Crippen molar-refractivity contribution >= 4 is 11.6 Å². The second-order valence-corrected chi connectivity index (χ2v) is 3.05. The quantitative estimate of drug-likeness (QED) is 0.706. The lowest BCUT2D eigenvalue weighted by molar-refractivity contribution is 0.0996. The summed E-state index contributed by atoms with van der Waals surface area (Å²) in [5, 5.41) is 13.4. The maximum absolute atomic E-state index is 11.1. The number of Topliss-reactive ketones (excluding diaryl/α,β-unsaturated/α-hetero) is 2. The number of carbonyl (C=O) groups excluding carboxylic acids is 2. The van der Waals surface area contributed by atoms with E-state index in [0.717, 1.165) is 0 Å². The van der Waals surface area contributed by atoms with E-state index in [0.29, 0.717) is 0 Å². The van der Waals surface area contributed by atoms with Gasteiger partial charge in [-0.1, -0.05) is 0 Å². The van der Waals surface area contributed by atoms with Crippen molar-refractivity contribution in [3.8, 4) is 11.8 Å². The predicted octanol–water partition coefficient (Wildman–Crippen LogP) is 0.650. The van der Waals surface area contributed by atoms with Crippen LogP contribution in [0.1, 0.15) is 34.8 Å². The van der Waals surface area contributed by atoms with Gasteiger partial charge >= 0.3 is 0 Å². The Bertz CT molecular complexity index is 522. The molecule has 0 saturated carbocycles. The van der Waals surface area contributed by atoms with Gasteiger partial charge in [0.15, 0.2) is 11.6 Å². The highest BCUT2D eigenvalue weighted by atomic mass is 16.6. The highest BCUT2D eigenvalue weighted by Gasteiger charge is 2.22. The molecule has 0 amide bonds. The Hall–Kier alpha value is -2.58. The van der Waals surface area contributed by atoms with Crippen molar-refractivity contribution in [1.29, 1.82) is 0 Å². The van der Waals surface area contributed by atoms with Gasteiger partial charge in [0.1, 0.15) is 0 Å². The summed E-state index contributed by atoms with van der Waals surface area (Å²) >= 11 is 0. The highest BCUT2D eigenvalue weighted by molar-refractivity contribution is 5.95. The first-order valence-electron chi connectivity index (χ1n) is 4.44. The summed E-state index contributed by atoms with van der Waals surface area (Å²) in [5.74, 6) is -1.20. The van der Waals surface area contributed by atoms with Gasteiger partial charge in [-0.25, -0.2) is 9.26 Å². The van der Waals surface area contributed by atoms with Crippen LogP contribution in [0, 0.1) is 0 Å². The standard InChI is InChI=1S/C8H6N4O5/c1-3(13)5-7(11-16-9-5)15-8-6(4(2)14)10-17-12-8/h1-2H3. The van der Waals surface area contributed by atoms with Crippen LogP contribution in [0.15, 0.2) is 9.26 Å². The minimum Gasteiger partial charge on any atom is -0.410 e. The molecular formula is C8H6N4O5. The van der Waals surface area contributed by atoms with Crippen molar-refractivity contribution in [2.75, 3.05) is 0 Å². The van der Waals surface area contributed by atoms with Crippen LogP contribution in [-0.2, 0) is 0 Å². The molecule has 88 valence electrons. The van der Waals surface area contributed by atoms with Gasteiger partial charge in [0.05, 0.1) is 0 Å². The molecule has 2 aromatic rings. The minimum atomic E-state index is -0.401. The summed E-state index contributed by atoms with van der Waals surface area (Å²) in [4.78, 5) is 22.2. The molecule has 0 aliphatic rings. The lowest BCUT2D eigenvalue weighted by Gasteiger charge is -1.96. The van der Waals surface area contributed by atoms with Crippen molar-refractivity contribution < 1.29 is 23.6 Å². The summed E-state index contributed by atoms with van der Waals surface area (Å²) in [6.45, 7) is 2.53. The van der Waals surface area contributed by atoms with Gasteiger partial charge in [0.2, 0.25) is 11.4 Å². The monoisotopic (exact) mass is 238 g/mol. The van der Waals surface area contributed by atoms with E-state index in [9.17, 15) is 9.59 Å². The fraction of sp³-hybridized carbons (Fsp3) is 0.250. The van der Waals surface area contributed by atoms with Gasteiger partial charge in [-0.05, 0) is 20.6 Å². The predicted molar refractivity (Wildman–Crippen MR) is 48.7 cm³/mol. The lowest BCUT2D eigenvalue weighted by atomic mass is 10.3. The second kappa shape index (κ2) is 4.12. The maximum Gasteiger partial charge on any atom is 0.293 e. The van der Waals surface area contributed by atoms with Crippen LogP contribution < -0.4 is 4.74 Å². The Morgan fingerprint density at radius 2 is 1.29 bits per heavy atom. The molecular weight excluding hydrogens is 232 g/mol. The molecule has 0 aliphatic heterocycles. The van der Waals surface area contributed by atoms with E-state index in [2.05, 4.69) is 29.9 Å². The van der Waals surface area contributed by atoms with Crippen LogP contribution in [0.3, 0.4) is 0 Å². The zero-order valence-electron chi connectivity index (χ0n) is 8.83. The van der Waals surface area contributed by atoms with Crippen LogP contribution in [0.2, 0.25) is 0 Å². The molecule has 0 spiro atoms. The molecule has 2 heterocycles. The summed E-state index contributed by atoms with van der Waals surface area (Å²) < 4.78 is 13.8. The zero-order valence-corrected chi connectivity index (χ0v) is 8.83. The van der Waals surface area contributed by atoms with Crippen LogP contribution in [0.4, 0.5) is 0 Å². The molecule has 17 heavy (non-hydrogen) atoms. The molecule has 9 heteroatoms. The van der Waals surface area contributed by atoms with Crippen molar-refractivity contribution in [2.24, 2.45) is 0 Å². The number of aromatic nitrogens is 4. The summed E-state index contributed by atoms with van der Waals surface area (Å²) in [6.07, 6.45) is 0. The normalized spacial score (nSPS) is 10.2. The Kier molecular flexibility index (Phi) is 2.65. The van der Waals surface area contributed by atoms with E-state index in [1.54, 1.807) is 0 Å². The third-order valence-corrected chi connectivity index (χ3v) is 1.78. The van der Waals surface area contributed by atoms with Crippen molar-refractivity contribution in [3.63, 3.8) is 0 Å². The number of ether oxygens (including phenoxy) is 1. The van der Waals surface area contributed by atoms with Crippen molar-refractivity contribution in [1.82, 2.24) is 20.6 Å². The van der Waals surface area contributed by atoms with Crippen LogP contribution in [-0.4, -0.2) is 32.2 Å². The van der Waals surface area contributed by atoms with Crippen molar-refractivity contribution in [2.45, 2.75) is 13.8 Å². The third kappa shape index (κ3) is 2.02. The van der Waals surface area contributed by atoms with E-state index in [1.165, 1.54) is 13.8 Å². The zero-order chi connectivity index (χ0) is 12.4. The topological polar surface area (TPSA) is 121 Å². The number of hydrogen-bond donors (Lipinski definition) is 0. The first-order chi connectivity index (χ1) is 8.09. The fourth-order valence-corrected chi connectivity index (χ4v) is 1.02. The number of hydrogen-bond acceptors (Lipinski definition) is 9. The van der Waals surface area contributed by atoms with Crippen LogP contribution in [0.25, 0.3) is 0 Å². The number of nitrogens with zero attached hydrogens (tertiary/aromatic N) is 4. The van der Waals surface area contributed by atoms with E-state index < -0.39 is 11.6 Å². The number of ketones is 2. The van der Waals surface area contributed by atoms with Crippen LogP contribution >= 0.6 is 0 Å². The summed E-state index contributed by atoms with van der Waals surface area (Å²) in [5.41, 5.74) is -0.218. The van der Waals surface area contributed by atoms with Gasteiger partial charge in [-0.3, -0.25) is 9.59 Å². The van der Waals surface area contributed by atoms with E-state index in [1.807, 2.05) is 0 Å². The van der Waals surface area contributed by atoms with E-state index >= 15 is 0 Å². The molecule has 0 aromatic carbocycles. The highest BCUT2D eigenvalue weighted by Crippen LogP contribution is 2.23. The smallest absolute Gasteiger partial charge is 0.293 e. The molecule has 0 saturated heterocycles. The summed E-state index contributed by atoms with van der Waals surface area (Å²) in [6, 6.07) is 0. The summed E-state index contributed by atoms with van der Waals surface area (Å²) in [7, 11) is 0. The van der Waals surface area contributed by atoms with Crippen LogP contribution in [0.5, 0.6) is 11.8 Å². The SMILES string of the molecule is CC(=O)c1nonc1Oc1nonc1C(C)=O. The molecule has 9 nitrogen and oxygen atoms in total. The third-order valence-electron chi connectivity index (χ3n) is 1.78. The molecule has 0 bridgehead atoms. The maximum atomic E-state index is 11.1. The fourth-order valence-electron chi connectivity index (χ4n) is 1.02. The van der Waals surface area contributed by atoms with Gasteiger partial charge in [0, 0.05) is 13.8 Å². The molecule has 0 aliphatic carbocycles. The molecule has 2 aromatic heterocycles. The average molecular weight is 238 g/mol. The van der Waals surface area contributed by atoms with Crippen molar-refractivity contribution in [3.05, 3.63) is 11.4 Å². The Balaban J connectivity index is 2.32. The lowest BCUT2D eigenvalue weighted by Crippen LogP contribution is -2.00. The largest absolute Gasteiger partial charge is 0.410 e. The molecule has 0 unspecified atom stereocenters. The average Bonchev–Trinajstić information content (AvgIpc) is 2.86. The molecule has 0 atom stereocenters. The molecule has 0 N–H and O–H groups in total. The molecule has 0 fully saturated rings. The van der Waals surface area contributed by atoms with Gasteiger partial charge < -0.3 is 4.74 Å². The van der Waals surface area contributed by atoms with E-state index in [-0.39, 0.29) is 23.1 Å². The van der Waals surface area contributed by atoms with Gasteiger partial charge in [-0.15, -0.1) is 0 Å². The van der Waals surface area contributed by atoms with E-state index in [4.69, 9.17) is 4.74 Å². The number of rotatable bonds is 4. The minimum absolute atomic E-state index is 0.109. The Morgan fingerprint density at radius 1 is 0.882 bits per heavy atom. The number of carbonyl (C=O) groups is 2. The molecule has 0 radical (unpaired) electrons. The first kappa shape index (κ1) is 10.9. The first-order valence-corrected chi connectivity index (χ1v) is 4.44. The van der Waals surface area contributed by atoms with Gasteiger partial charge in [-0.2, -0.15) is 0 Å². The molecule has 2 rings (SSSR count). The Labute approximate surface area is 93.7 Å². The van der Waals surface area contributed by atoms with Gasteiger partial charge in [0.25, 0.3) is 11.8 Å². The Morgan fingerprint density at radius 3 is 1.65 bits per heavy atom. The second-order valence-electron chi connectivity index (χ2n) is 3.05.